The van der Waals surface area contributed by atoms with Gasteiger partial charge in [0.15, 0.2) is 11.5 Å². The summed E-state index contributed by atoms with van der Waals surface area (Å²) in [6, 6.07) is 61.6. The molecule has 10 heteroatoms. The van der Waals surface area contributed by atoms with Gasteiger partial charge < -0.3 is 49.7 Å². The number of hydrogen-bond donors (Lipinski definition) is 4. The first-order chi connectivity index (χ1) is 44.2. The number of benzene rings is 8. The van der Waals surface area contributed by atoms with Gasteiger partial charge in [0.1, 0.15) is 34.5 Å². The molecular formula is C80H102N4O6. The molecule has 0 aliphatic rings. The Morgan fingerprint density at radius 2 is 0.511 bits per heavy atom. The van der Waals surface area contributed by atoms with Crippen molar-refractivity contribution in [3.05, 3.63) is 182 Å². The Labute approximate surface area is 539 Å². The quantitative estimate of drug-likeness (QED) is 0.0296. The predicted octanol–water partition coefficient (Wildman–Crippen LogP) is 24.3. The van der Waals surface area contributed by atoms with E-state index in [0.717, 1.165) is 132 Å². The number of rotatable bonds is 41. The molecule has 8 aromatic rings. The first-order valence-corrected chi connectivity index (χ1v) is 34.0. The lowest BCUT2D eigenvalue weighted by Gasteiger charge is -2.18. The molecule has 8 rings (SSSR count). The summed E-state index contributed by atoms with van der Waals surface area (Å²) in [5, 5.41) is 14.5. The molecule has 0 saturated heterocycles. The van der Waals surface area contributed by atoms with Gasteiger partial charge in [0.2, 0.25) is 0 Å². The fourth-order valence-corrected chi connectivity index (χ4v) is 10.9. The summed E-state index contributed by atoms with van der Waals surface area (Å²) in [6.07, 6.45) is 19.0. The Kier molecular flexibility index (Phi) is 27.9. The molecule has 0 spiro atoms. The Bertz CT molecular complexity index is 3060. The zero-order valence-electron chi connectivity index (χ0n) is 55.2. The monoisotopic (exact) mass is 1210 g/mol. The van der Waals surface area contributed by atoms with Crippen molar-refractivity contribution in [3.8, 4) is 57.1 Å². The van der Waals surface area contributed by atoms with Crippen molar-refractivity contribution >= 4 is 45.5 Å². The summed E-state index contributed by atoms with van der Waals surface area (Å²) < 4.78 is 38.4. The van der Waals surface area contributed by atoms with Crippen molar-refractivity contribution in [2.24, 2.45) is 23.7 Å². The minimum absolute atomic E-state index is 0.557. The second kappa shape index (κ2) is 37.0. The minimum atomic E-state index is 0.557. The van der Waals surface area contributed by atoms with Crippen LogP contribution in [0.15, 0.2) is 182 Å². The van der Waals surface area contributed by atoms with E-state index in [1.165, 1.54) is 77.0 Å². The van der Waals surface area contributed by atoms with Gasteiger partial charge in [-0.05, 0) is 218 Å². The van der Waals surface area contributed by atoms with Gasteiger partial charge in [0.25, 0.3) is 0 Å². The van der Waals surface area contributed by atoms with Gasteiger partial charge in [-0.2, -0.15) is 0 Å². The summed E-state index contributed by atoms with van der Waals surface area (Å²) in [4.78, 5) is 0. The molecule has 90 heavy (non-hydrogen) atoms. The molecular weight excluding hydrogens is 1110 g/mol. The van der Waals surface area contributed by atoms with Gasteiger partial charge in [-0.15, -0.1) is 0 Å². The maximum absolute atomic E-state index is 6.69. The lowest BCUT2D eigenvalue weighted by atomic mass is 10.0. The first-order valence-electron chi connectivity index (χ1n) is 34.0. The molecule has 0 fully saturated rings. The van der Waals surface area contributed by atoms with Gasteiger partial charge in [-0.3, -0.25) is 0 Å². The average Bonchev–Trinajstić information content (AvgIpc) is 2.42. The van der Waals surface area contributed by atoms with Crippen LogP contribution in [0.4, 0.5) is 45.5 Å². The van der Waals surface area contributed by atoms with E-state index >= 15 is 0 Å². The molecule has 0 radical (unpaired) electrons. The Morgan fingerprint density at radius 3 is 0.767 bits per heavy atom. The fourth-order valence-electron chi connectivity index (χ4n) is 10.9. The van der Waals surface area contributed by atoms with E-state index in [1.807, 2.05) is 97.1 Å². The lowest BCUT2D eigenvalue weighted by Crippen LogP contribution is -2.11. The van der Waals surface area contributed by atoms with Crippen LogP contribution in [0.2, 0.25) is 0 Å². The summed E-state index contributed by atoms with van der Waals surface area (Å²) in [5.74, 6) is 8.57. The van der Waals surface area contributed by atoms with E-state index in [-0.39, 0.29) is 0 Å². The third-order valence-electron chi connectivity index (χ3n) is 17.1. The molecule has 8 aromatic carbocycles. The number of hydrogen-bond acceptors (Lipinski definition) is 10. The summed E-state index contributed by atoms with van der Waals surface area (Å²) >= 11 is 0. The van der Waals surface area contributed by atoms with Gasteiger partial charge in [0, 0.05) is 34.1 Å². The van der Waals surface area contributed by atoms with Crippen LogP contribution in [0.1, 0.15) is 158 Å². The third kappa shape index (κ3) is 22.1. The molecule has 478 valence electrons. The van der Waals surface area contributed by atoms with Crippen molar-refractivity contribution < 1.29 is 28.4 Å². The topological polar surface area (TPSA) is 104 Å². The summed E-state index contributed by atoms with van der Waals surface area (Å²) in [7, 11) is 0. The molecule has 0 bridgehead atoms. The molecule has 0 amide bonds. The Balaban J connectivity index is 0.954. The fraction of sp³-hybridized carbons (Fsp3) is 0.400. The van der Waals surface area contributed by atoms with Crippen LogP contribution in [0, 0.1) is 23.7 Å². The van der Waals surface area contributed by atoms with Crippen molar-refractivity contribution in [1.82, 2.24) is 0 Å². The van der Waals surface area contributed by atoms with Crippen molar-refractivity contribution in [1.29, 1.82) is 0 Å². The third-order valence-corrected chi connectivity index (χ3v) is 17.1. The van der Waals surface area contributed by atoms with Gasteiger partial charge in [-0.1, -0.05) is 157 Å². The molecule has 0 aliphatic heterocycles. The van der Waals surface area contributed by atoms with Crippen molar-refractivity contribution in [3.63, 3.8) is 0 Å². The maximum Gasteiger partial charge on any atom is 0.151 e. The highest BCUT2D eigenvalue weighted by molar-refractivity contribution is 5.76. The van der Waals surface area contributed by atoms with Crippen LogP contribution in [0.3, 0.4) is 0 Å². The number of nitrogens with one attached hydrogen (secondary N) is 4. The lowest BCUT2D eigenvalue weighted by molar-refractivity contribution is 0.233. The molecule has 0 aliphatic carbocycles. The van der Waals surface area contributed by atoms with E-state index in [4.69, 9.17) is 28.4 Å². The second-order valence-electron chi connectivity index (χ2n) is 24.2. The van der Waals surface area contributed by atoms with Crippen LogP contribution in [0.25, 0.3) is 11.1 Å². The normalized spacial score (nSPS) is 12.5. The highest BCUT2D eigenvalue weighted by Crippen LogP contribution is 2.39. The van der Waals surface area contributed by atoms with Crippen LogP contribution >= 0.6 is 0 Å². The zero-order chi connectivity index (χ0) is 63.1. The molecule has 0 heterocycles. The Morgan fingerprint density at radius 1 is 0.267 bits per heavy atom. The molecule has 4 atom stereocenters. The Hall–Kier alpha value is -8.24. The molecule has 0 aromatic heterocycles. The predicted molar refractivity (Wildman–Crippen MR) is 379 cm³/mol. The highest BCUT2D eigenvalue weighted by atomic mass is 16.5. The van der Waals surface area contributed by atoms with E-state index in [2.05, 4.69) is 162 Å². The standard InChI is InChI=1S/C80H102N4O6/c1-9-17-21-59(13-5)55-85-71-43-29-65(30-44-71)81-69-37-51-79(77(53-69)83-67-33-47-73(48-34-67)87-57-61(15-7)23-19-11-3)89-75-39-25-63(26-40-75)64-27-41-76(42-28-64)90-80-52-38-70(82-66-31-45-72(46-32-66)86-56-60(14-6)22-18-10-2)54-78(80)84-68-35-49-74(50-36-68)88-58-62(16-8)24-20-12-4/h25-54,59-62,81-84H,9-24,55-58H2,1-8H3. The largest absolute Gasteiger partial charge is 0.493 e. The second-order valence-corrected chi connectivity index (χ2v) is 24.2. The molecule has 4 unspecified atom stereocenters. The van der Waals surface area contributed by atoms with Gasteiger partial charge in [0.05, 0.1) is 37.8 Å². The van der Waals surface area contributed by atoms with Crippen LogP contribution in [0.5, 0.6) is 46.0 Å². The van der Waals surface area contributed by atoms with Gasteiger partial charge >= 0.3 is 0 Å². The van der Waals surface area contributed by atoms with Gasteiger partial charge in [-0.25, -0.2) is 0 Å². The zero-order valence-corrected chi connectivity index (χ0v) is 55.2. The first kappa shape index (κ1) is 67.7. The highest BCUT2D eigenvalue weighted by Gasteiger charge is 2.15. The molecule has 10 nitrogen and oxygen atoms in total. The SMILES string of the molecule is CCCCC(CC)COc1ccc(Nc2ccc(Oc3ccc(-c4ccc(Oc5ccc(Nc6ccc(OCC(CC)CCCC)cc6)cc5Nc5ccc(OCC(CC)CCCC)cc5)cc4)cc3)c(Nc3ccc(OCC(CC)CCCC)cc3)c2)cc1. The van der Waals surface area contributed by atoms with Crippen LogP contribution < -0.4 is 49.7 Å². The van der Waals surface area contributed by atoms with Crippen molar-refractivity contribution in [2.45, 2.75) is 158 Å². The van der Waals surface area contributed by atoms with E-state index in [9.17, 15) is 0 Å². The van der Waals surface area contributed by atoms with Crippen LogP contribution in [-0.2, 0) is 0 Å². The number of ether oxygens (including phenoxy) is 6. The van der Waals surface area contributed by atoms with E-state index in [0.29, 0.717) is 46.7 Å². The van der Waals surface area contributed by atoms with Crippen LogP contribution in [-0.4, -0.2) is 26.4 Å². The smallest absolute Gasteiger partial charge is 0.151 e. The number of unbranched alkanes of at least 4 members (excludes halogenated alkanes) is 4. The molecule has 4 N–H and O–H groups in total. The summed E-state index contributed by atoms with van der Waals surface area (Å²) in [6.45, 7) is 20.9. The average molecular weight is 1220 g/mol. The molecule has 0 saturated carbocycles. The van der Waals surface area contributed by atoms with E-state index in [1.54, 1.807) is 0 Å². The minimum Gasteiger partial charge on any atom is -0.493 e. The number of anilines is 8. The maximum atomic E-state index is 6.69. The van der Waals surface area contributed by atoms with E-state index < -0.39 is 0 Å². The van der Waals surface area contributed by atoms with Crippen molar-refractivity contribution in [2.75, 3.05) is 47.7 Å². The summed E-state index contributed by atoms with van der Waals surface area (Å²) in [5.41, 5.74) is 9.35.